The van der Waals surface area contributed by atoms with Crippen LogP contribution in [0, 0.1) is 5.41 Å². The van der Waals surface area contributed by atoms with Gasteiger partial charge in [-0.3, -0.25) is 4.79 Å². The molecule has 0 spiro atoms. The molecule has 0 bridgehead atoms. The third-order valence-corrected chi connectivity index (χ3v) is 3.20. The molecule has 1 atom stereocenters. The Bertz CT molecular complexity index is 270. The molecule has 0 saturated carbocycles. The Balaban J connectivity index is 2.99. The van der Waals surface area contributed by atoms with Gasteiger partial charge in [0.25, 0.3) is 0 Å². The monoisotopic (exact) mass is 238 g/mol. The SMILES string of the molecule is CC(C)N(C)C(=O)C1(C(F)(F)F)CCNC1. The minimum absolute atomic E-state index is 0.174. The quantitative estimate of drug-likeness (QED) is 0.788. The third kappa shape index (κ3) is 2.03. The van der Waals surface area contributed by atoms with Gasteiger partial charge in [-0.05, 0) is 26.8 Å². The fourth-order valence-electron chi connectivity index (χ4n) is 1.81. The first-order chi connectivity index (χ1) is 7.22. The van der Waals surface area contributed by atoms with E-state index in [0.717, 1.165) is 0 Å². The maximum atomic E-state index is 13.0. The third-order valence-electron chi connectivity index (χ3n) is 3.20. The summed E-state index contributed by atoms with van der Waals surface area (Å²) in [5.74, 6) is -0.833. The molecule has 1 aliphatic heterocycles. The molecular formula is C10H17F3N2O. The number of carbonyl (C=O) groups excluding carboxylic acids is 1. The summed E-state index contributed by atoms with van der Waals surface area (Å²) in [4.78, 5) is 13.1. The summed E-state index contributed by atoms with van der Waals surface area (Å²) in [6, 6.07) is -0.229. The molecule has 16 heavy (non-hydrogen) atoms. The fourth-order valence-corrected chi connectivity index (χ4v) is 1.81. The van der Waals surface area contributed by atoms with E-state index in [0.29, 0.717) is 0 Å². The minimum Gasteiger partial charge on any atom is -0.343 e. The molecule has 1 N–H and O–H groups in total. The maximum Gasteiger partial charge on any atom is 0.404 e. The number of halogens is 3. The summed E-state index contributed by atoms with van der Waals surface area (Å²) in [6.45, 7) is 3.32. The van der Waals surface area contributed by atoms with Gasteiger partial charge in [0.15, 0.2) is 5.41 Å². The van der Waals surface area contributed by atoms with Gasteiger partial charge in [0, 0.05) is 19.6 Å². The van der Waals surface area contributed by atoms with Crippen LogP contribution in [0.15, 0.2) is 0 Å². The van der Waals surface area contributed by atoms with Crippen molar-refractivity contribution in [1.82, 2.24) is 10.2 Å². The number of rotatable bonds is 2. The van der Waals surface area contributed by atoms with Crippen molar-refractivity contribution in [2.75, 3.05) is 20.1 Å². The standard InChI is InChI=1S/C10H17F3N2O/c1-7(2)15(3)8(16)9(10(11,12)13)4-5-14-6-9/h7,14H,4-6H2,1-3H3. The van der Waals surface area contributed by atoms with Gasteiger partial charge < -0.3 is 10.2 Å². The lowest BCUT2D eigenvalue weighted by molar-refractivity contribution is -0.221. The Morgan fingerprint density at radius 1 is 1.44 bits per heavy atom. The van der Waals surface area contributed by atoms with Crippen LogP contribution in [0.1, 0.15) is 20.3 Å². The fraction of sp³-hybridized carbons (Fsp3) is 0.900. The molecule has 0 radical (unpaired) electrons. The lowest BCUT2D eigenvalue weighted by atomic mass is 9.84. The van der Waals surface area contributed by atoms with Crippen LogP contribution in [-0.2, 0) is 4.79 Å². The summed E-state index contributed by atoms with van der Waals surface area (Å²) in [5.41, 5.74) is -2.23. The average Bonchev–Trinajstić information content (AvgIpc) is 2.64. The van der Waals surface area contributed by atoms with Gasteiger partial charge in [-0.15, -0.1) is 0 Å². The molecule has 0 aromatic carbocycles. The van der Waals surface area contributed by atoms with Crippen LogP contribution < -0.4 is 5.32 Å². The zero-order valence-electron chi connectivity index (χ0n) is 9.69. The number of amides is 1. The van der Waals surface area contributed by atoms with Crippen LogP contribution in [0.2, 0.25) is 0 Å². The molecule has 1 heterocycles. The highest BCUT2D eigenvalue weighted by Gasteiger charge is 2.62. The van der Waals surface area contributed by atoms with Crippen molar-refractivity contribution in [2.45, 2.75) is 32.5 Å². The molecule has 1 rings (SSSR count). The molecular weight excluding hydrogens is 221 g/mol. The van der Waals surface area contributed by atoms with Crippen molar-refractivity contribution in [3.8, 4) is 0 Å². The van der Waals surface area contributed by atoms with Gasteiger partial charge in [-0.2, -0.15) is 13.2 Å². The lowest BCUT2D eigenvalue weighted by Gasteiger charge is -2.35. The normalized spacial score (nSPS) is 26.2. The summed E-state index contributed by atoms with van der Waals surface area (Å²) >= 11 is 0. The van der Waals surface area contributed by atoms with Gasteiger partial charge in [0.1, 0.15) is 0 Å². The second-order valence-corrected chi connectivity index (χ2v) is 4.52. The Labute approximate surface area is 93.0 Å². The first-order valence-corrected chi connectivity index (χ1v) is 5.27. The molecule has 1 amide bonds. The van der Waals surface area contributed by atoms with E-state index in [2.05, 4.69) is 5.32 Å². The van der Waals surface area contributed by atoms with E-state index in [1.807, 2.05) is 0 Å². The van der Waals surface area contributed by atoms with Gasteiger partial charge in [-0.25, -0.2) is 0 Å². The number of carbonyl (C=O) groups is 1. The first-order valence-electron chi connectivity index (χ1n) is 5.27. The molecule has 0 aromatic rings. The van der Waals surface area contributed by atoms with Crippen LogP contribution in [0.4, 0.5) is 13.2 Å². The van der Waals surface area contributed by atoms with E-state index in [-0.39, 0.29) is 25.6 Å². The van der Waals surface area contributed by atoms with Crippen LogP contribution in [0.25, 0.3) is 0 Å². The van der Waals surface area contributed by atoms with E-state index in [1.54, 1.807) is 13.8 Å². The number of nitrogens with zero attached hydrogens (tertiary/aromatic N) is 1. The lowest BCUT2D eigenvalue weighted by Crippen LogP contribution is -2.54. The number of nitrogens with one attached hydrogen (secondary N) is 1. The minimum atomic E-state index is -4.49. The van der Waals surface area contributed by atoms with Crippen molar-refractivity contribution in [1.29, 1.82) is 0 Å². The Morgan fingerprint density at radius 3 is 2.31 bits per heavy atom. The van der Waals surface area contributed by atoms with Crippen LogP contribution in [0.5, 0.6) is 0 Å². The van der Waals surface area contributed by atoms with Crippen molar-refractivity contribution >= 4 is 5.91 Å². The van der Waals surface area contributed by atoms with E-state index >= 15 is 0 Å². The molecule has 1 unspecified atom stereocenters. The second-order valence-electron chi connectivity index (χ2n) is 4.52. The molecule has 3 nitrogen and oxygen atoms in total. The predicted octanol–water partition coefficient (Wildman–Crippen LogP) is 1.40. The Morgan fingerprint density at radius 2 is 2.00 bits per heavy atom. The number of alkyl halides is 3. The Hall–Kier alpha value is -0.780. The van der Waals surface area contributed by atoms with Crippen molar-refractivity contribution in [3.05, 3.63) is 0 Å². The number of hydrogen-bond donors (Lipinski definition) is 1. The molecule has 1 saturated heterocycles. The number of hydrogen-bond acceptors (Lipinski definition) is 2. The van der Waals surface area contributed by atoms with E-state index in [9.17, 15) is 18.0 Å². The predicted molar refractivity (Wildman–Crippen MR) is 53.9 cm³/mol. The highest BCUT2D eigenvalue weighted by Crippen LogP contribution is 2.44. The molecule has 1 aliphatic rings. The van der Waals surface area contributed by atoms with E-state index in [1.165, 1.54) is 11.9 Å². The molecule has 0 aromatic heterocycles. The molecule has 0 aliphatic carbocycles. The second kappa shape index (κ2) is 4.24. The Kier molecular flexibility index (Phi) is 3.52. The summed E-state index contributed by atoms with van der Waals surface area (Å²) in [5, 5.41) is 2.63. The summed E-state index contributed by atoms with van der Waals surface area (Å²) in [6.07, 6.45) is -4.66. The maximum absolute atomic E-state index is 13.0. The van der Waals surface area contributed by atoms with Crippen molar-refractivity contribution < 1.29 is 18.0 Å². The van der Waals surface area contributed by atoms with E-state index < -0.39 is 17.5 Å². The molecule has 1 fully saturated rings. The first kappa shape index (κ1) is 13.3. The van der Waals surface area contributed by atoms with Crippen molar-refractivity contribution in [3.63, 3.8) is 0 Å². The van der Waals surface area contributed by atoms with Crippen LogP contribution in [0.3, 0.4) is 0 Å². The van der Waals surface area contributed by atoms with E-state index in [4.69, 9.17) is 0 Å². The summed E-state index contributed by atoms with van der Waals surface area (Å²) in [7, 11) is 1.42. The highest BCUT2D eigenvalue weighted by atomic mass is 19.4. The van der Waals surface area contributed by atoms with Gasteiger partial charge in [-0.1, -0.05) is 0 Å². The molecule has 94 valence electrons. The van der Waals surface area contributed by atoms with Crippen LogP contribution in [-0.4, -0.2) is 43.2 Å². The average molecular weight is 238 g/mol. The molecule has 6 heteroatoms. The zero-order valence-corrected chi connectivity index (χ0v) is 9.69. The van der Waals surface area contributed by atoms with Gasteiger partial charge in [0.05, 0.1) is 0 Å². The smallest absolute Gasteiger partial charge is 0.343 e. The van der Waals surface area contributed by atoms with Gasteiger partial charge in [0.2, 0.25) is 5.91 Å². The zero-order chi connectivity index (χ0) is 12.6. The van der Waals surface area contributed by atoms with Crippen molar-refractivity contribution in [2.24, 2.45) is 5.41 Å². The topological polar surface area (TPSA) is 32.3 Å². The van der Waals surface area contributed by atoms with Crippen LogP contribution >= 0.6 is 0 Å². The highest BCUT2D eigenvalue weighted by molar-refractivity contribution is 5.84. The largest absolute Gasteiger partial charge is 0.404 e. The summed E-state index contributed by atoms with van der Waals surface area (Å²) < 4.78 is 39.0. The van der Waals surface area contributed by atoms with Gasteiger partial charge >= 0.3 is 6.18 Å².